The fourth-order valence-corrected chi connectivity index (χ4v) is 2.19. The molecule has 0 fully saturated rings. The number of nitrogens with zero attached hydrogens (tertiary/aromatic N) is 2. The maximum Gasteiger partial charge on any atom is 0.112 e. The van der Waals surface area contributed by atoms with Gasteiger partial charge in [-0.1, -0.05) is 19.1 Å². The standard InChI is InChI=1S/C14H20N2O2/c1-4-14(17,10-18-3)9-13-15-11-7-5-6-8-12(11)16(13)2/h5-8,17H,4,9-10H2,1-3H3. The molecule has 0 aliphatic carbocycles. The van der Waals surface area contributed by atoms with Crippen LogP contribution >= 0.6 is 0 Å². The molecule has 0 spiro atoms. The summed E-state index contributed by atoms with van der Waals surface area (Å²) in [5.41, 5.74) is 1.21. The molecule has 4 nitrogen and oxygen atoms in total. The van der Waals surface area contributed by atoms with Gasteiger partial charge in [-0.2, -0.15) is 0 Å². The lowest BCUT2D eigenvalue weighted by molar-refractivity contribution is -0.0349. The number of aromatic nitrogens is 2. The Bertz CT molecular complexity index is 536. The van der Waals surface area contributed by atoms with Gasteiger partial charge in [-0.15, -0.1) is 0 Å². The largest absolute Gasteiger partial charge is 0.387 e. The molecule has 4 heteroatoms. The molecule has 1 unspecified atom stereocenters. The van der Waals surface area contributed by atoms with E-state index >= 15 is 0 Å². The van der Waals surface area contributed by atoms with E-state index in [0.717, 1.165) is 16.9 Å². The van der Waals surface area contributed by atoms with Crippen LogP contribution in [0.2, 0.25) is 0 Å². The summed E-state index contributed by atoms with van der Waals surface area (Å²) >= 11 is 0. The minimum Gasteiger partial charge on any atom is -0.387 e. The number of methoxy groups -OCH3 is 1. The number of hydrogen-bond donors (Lipinski definition) is 1. The first-order valence-electron chi connectivity index (χ1n) is 6.21. The Labute approximate surface area is 107 Å². The molecule has 0 saturated carbocycles. The van der Waals surface area contributed by atoms with Crippen molar-refractivity contribution in [3.63, 3.8) is 0 Å². The number of ether oxygens (including phenoxy) is 1. The molecule has 1 N–H and O–H groups in total. The first-order chi connectivity index (χ1) is 8.59. The van der Waals surface area contributed by atoms with Crippen LogP contribution in [0.4, 0.5) is 0 Å². The fourth-order valence-electron chi connectivity index (χ4n) is 2.19. The minimum atomic E-state index is -0.843. The third-order valence-electron chi connectivity index (χ3n) is 3.44. The monoisotopic (exact) mass is 248 g/mol. The maximum atomic E-state index is 10.4. The van der Waals surface area contributed by atoms with Crippen molar-refractivity contribution < 1.29 is 9.84 Å². The van der Waals surface area contributed by atoms with Gasteiger partial charge in [-0.05, 0) is 18.6 Å². The summed E-state index contributed by atoms with van der Waals surface area (Å²) in [7, 11) is 3.59. The molecule has 2 rings (SSSR count). The minimum absolute atomic E-state index is 0.326. The summed E-state index contributed by atoms with van der Waals surface area (Å²) in [6, 6.07) is 7.99. The maximum absolute atomic E-state index is 10.4. The van der Waals surface area contributed by atoms with Crippen molar-refractivity contribution in [3.05, 3.63) is 30.1 Å². The van der Waals surface area contributed by atoms with E-state index in [2.05, 4.69) is 4.98 Å². The van der Waals surface area contributed by atoms with Crippen LogP contribution in [0.3, 0.4) is 0 Å². The number of aryl methyl sites for hydroxylation is 1. The average molecular weight is 248 g/mol. The molecule has 0 amide bonds. The summed E-state index contributed by atoms with van der Waals surface area (Å²) in [5, 5.41) is 10.4. The zero-order valence-corrected chi connectivity index (χ0v) is 11.2. The number of benzene rings is 1. The molecule has 0 aliphatic heterocycles. The van der Waals surface area contributed by atoms with Gasteiger partial charge in [0.15, 0.2) is 0 Å². The van der Waals surface area contributed by atoms with Crippen molar-refractivity contribution in [2.24, 2.45) is 7.05 Å². The number of rotatable bonds is 5. The van der Waals surface area contributed by atoms with Crippen molar-refractivity contribution in [1.82, 2.24) is 9.55 Å². The topological polar surface area (TPSA) is 47.3 Å². The van der Waals surface area contributed by atoms with Crippen LogP contribution in [0, 0.1) is 0 Å². The van der Waals surface area contributed by atoms with E-state index in [0.29, 0.717) is 19.4 Å². The molecular weight excluding hydrogens is 228 g/mol. The van der Waals surface area contributed by atoms with Gasteiger partial charge in [0.1, 0.15) is 5.82 Å². The molecule has 0 aliphatic rings. The van der Waals surface area contributed by atoms with Gasteiger partial charge in [0, 0.05) is 20.6 Å². The number of fused-ring (bicyclic) bond motifs is 1. The lowest BCUT2D eigenvalue weighted by Crippen LogP contribution is -2.36. The molecule has 18 heavy (non-hydrogen) atoms. The molecule has 1 heterocycles. The van der Waals surface area contributed by atoms with Gasteiger partial charge >= 0.3 is 0 Å². The van der Waals surface area contributed by atoms with E-state index in [-0.39, 0.29) is 0 Å². The molecule has 0 saturated heterocycles. The first kappa shape index (κ1) is 13.1. The average Bonchev–Trinajstić information content (AvgIpc) is 2.67. The van der Waals surface area contributed by atoms with Crippen molar-refractivity contribution in [2.75, 3.05) is 13.7 Å². The Hall–Kier alpha value is -1.39. The second-order valence-electron chi connectivity index (χ2n) is 4.76. The summed E-state index contributed by atoms with van der Waals surface area (Å²) in [5.74, 6) is 0.887. The second-order valence-corrected chi connectivity index (χ2v) is 4.76. The highest BCUT2D eigenvalue weighted by Crippen LogP contribution is 2.21. The smallest absolute Gasteiger partial charge is 0.112 e. The van der Waals surface area contributed by atoms with E-state index < -0.39 is 5.60 Å². The summed E-state index contributed by atoms with van der Waals surface area (Å²) < 4.78 is 7.13. The van der Waals surface area contributed by atoms with Crippen molar-refractivity contribution in [3.8, 4) is 0 Å². The third kappa shape index (κ3) is 2.40. The van der Waals surface area contributed by atoms with Gasteiger partial charge in [0.25, 0.3) is 0 Å². The van der Waals surface area contributed by atoms with Gasteiger partial charge < -0.3 is 14.4 Å². The molecular formula is C14H20N2O2. The fraction of sp³-hybridized carbons (Fsp3) is 0.500. The normalized spacial score (nSPS) is 14.9. The Kier molecular flexibility index (Phi) is 3.68. The van der Waals surface area contributed by atoms with Gasteiger partial charge in [0.05, 0.1) is 23.2 Å². The van der Waals surface area contributed by atoms with E-state index in [1.807, 2.05) is 42.8 Å². The predicted octanol–water partition coefficient (Wildman–Crippen LogP) is 1.90. The third-order valence-corrected chi connectivity index (χ3v) is 3.44. The van der Waals surface area contributed by atoms with E-state index in [1.165, 1.54) is 0 Å². The molecule has 1 aromatic carbocycles. The molecule has 0 bridgehead atoms. The Morgan fingerprint density at radius 3 is 2.72 bits per heavy atom. The highest BCUT2D eigenvalue weighted by molar-refractivity contribution is 5.75. The zero-order valence-electron chi connectivity index (χ0n) is 11.2. The van der Waals surface area contributed by atoms with Gasteiger partial charge in [0.2, 0.25) is 0 Å². The van der Waals surface area contributed by atoms with Crippen molar-refractivity contribution in [1.29, 1.82) is 0 Å². The Morgan fingerprint density at radius 2 is 2.11 bits per heavy atom. The second kappa shape index (κ2) is 5.08. The van der Waals surface area contributed by atoms with Gasteiger partial charge in [-0.3, -0.25) is 0 Å². The predicted molar refractivity (Wildman–Crippen MR) is 71.5 cm³/mol. The van der Waals surface area contributed by atoms with Crippen molar-refractivity contribution >= 4 is 11.0 Å². The summed E-state index contributed by atoms with van der Waals surface area (Å²) in [6.45, 7) is 2.29. The Balaban J connectivity index is 2.34. The lowest BCUT2D eigenvalue weighted by atomic mass is 9.97. The van der Waals surface area contributed by atoms with Crippen LogP contribution in [0.15, 0.2) is 24.3 Å². The van der Waals surface area contributed by atoms with Gasteiger partial charge in [-0.25, -0.2) is 4.98 Å². The van der Waals surface area contributed by atoms with E-state index in [9.17, 15) is 5.11 Å². The van der Waals surface area contributed by atoms with Crippen LogP contribution in [-0.2, 0) is 18.2 Å². The molecule has 1 aromatic heterocycles. The summed E-state index contributed by atoms with van der Waals surface area (Å²) in [6.07, 6.45) is 1.15. The molecule has 2 aromatic rings. The van der Waals surface area contributed by atoms with Crippen LogP contribution < -0.4 is 0 Å². The van der Waals surface area contributed by atoms with E-state index in [4.69, 9.17) is 4.74 Å². The highest BCUT2D eigenvalue weighted by Gasteiger charge is 2.27. The lowest BCUT2D eigenvalue weighted by Gasteiger charge is -2.25. The quantitative estimate of drug-likeness (QED) is 0.879. The zero-order chi connectivity index (χ0) is 13.2. The molecule has 0 radical (unpaired) electrons. The van der Waals surface area contributed by atoms with Crippen LogP contribution in [0.25, 0.3) is 11.0 Å². The summed E-state index contributed by atoms with van der Waals surface area (Å²) in [4.78, 5) is 4.57. The number of hydrogen-bond acceptors (Lipinski definition) is 3. The van der Waals surface area contributed by atoms with E-state index in [1.54, 1.807) is 7.11 Å². The van der Waals surface area contributed by atoms with Crippen LogP contribution in [-0.4, -0.2) is 34.0 Å². The SMILES string of the molecule is CCC(O)(COC)Cc1nc2ccccc2n1C. The highest BCUT2D eigenvalue weighted by atomic mass is 16.5. The first-order valence-corrected chi connectivity index (χ1v) is 6.21. The number of aliphatic hydroxyl groups is 1. The molecule has 1 atom stereocenters. The number of imidazole rings is 1. The van der Waals surface area contributed by atoms with Crippen LogP contribution in [0.5, 0.6) is 0 Å². The van der Waals surface area contributed by atoms with Crippen LogP contribution in [0.1, 0.15) is 19.2 Å². The number of para-hydroxylation sites is 2. The molecule has 98 valence electrons. The Morgan fingerprint density at radius 1 is 1.39 bits per heavy atom. The van der Waals surface area contributed by atoms with Crippen molar-refractivity contribution in [2.45, 2.75) is 25.4 Å².